The molecule has 20 heavy (non-hydrogen) atoms. The Morgan fingerprint density at radius 2 is 2.05 bits per heavy atom. The van der Waals surface area contributed by atoms with Gasteiger partial charge >= 0.3 is 0 Å². The van der Waals surface area contributed by atoms with Gasteiger partial charge in [-0.25, -0.2) is 4.98 Å². The third-order valence-corrected chi connectivity index (χ3v) is 4.55. The van der Waals surface area contributed by atoms with Gasteiger partial charge in [-0.15, -0.1) is 11.3 Å². The van der Waals surface area contributed by atoms with Crippen molar-refractivity contribution in [3.8, 4) is 0 Å². The van der Waals surface area contributed by atoms with Gasteiger partial charge in [0.05, 0.1) is 5.54 Å². The maximum absolute atomic E-state index is 6.20. The average molecular weight is 289 g/mol. The molecule has 1 atom stereocenters. The summed E-state index contributed by atoms with van der Waals surface area (Å²) in [5.41, 5.74) is 7.35. The van der Waals surface area contributed by atoms with Gasteiger partial charge in [0.1, 0.15) is 5.01 Å². The highest BCUT2D eigenvalue weighted by molar-refractivity contribution is 7.09. The molecule has 0 fully saturated rings. The van der Waals surface area contributed by atoms with E-state index in [0.29, 0.717) is 0 Å². The van der Waals surface area contributed by atoms with E-state index in [9.17, 15) is 0 Å². The van der Waals surface area contributed by atoms with E-state index < -0.39 is 0 Å². The second-order valence-electron chi connectivity index (χ2n) is 5.55. The number of nitrogens with zero attached hydrogens (tertiary/aromatic N) is 1. The summed E-state index contributed by atoms with van der Waals surface area (Å²) in [6.45, 7) is 5.29. The normalized spacial score (nSPS) is 13.3. The van der Waals surface area contributed by atoms with Crippen molar-refractivity contribution in [3.05, 3.63) is 52.5 Å². The molecule has 0 radical (unpaired) electrons. The lowest BCUT2D eigenvalue weighted by Crippen LogP contribution is -2.37. The van der Waals surface area contributed by atoms with Crippen LogP contribution in [0.1, 0.15) is 43.3 Å². The molecule has 0 aliphatic rings. The van der Waals surface area contributed by atoms with Gasteiger partial charge in [-0.3, -0.25) is 0 Å². The average Bonchev–Trinajstić information content (AvgIpc) is 2.99. The molecule has 2 rings (SSSR count). The molecule has 3 nitrogen and oxygen atoms in total. The first kappa shape index (κ1) is 15.2. The van der Waals surface area contributed by atoms with E-state index >= 15 is 0 Å². The minimum Gasteiger partial charge on any atom is -0.324 e. The van der Waals surface area contributed by atoms with Gasteiger partial charge in [-0.2, -0.15) is 0 Å². The van der Waals surface area contributed by atoms with Gasteiger partial charge in [-0.1, -0.05) is 30.3 Å². The predicted molar refractivity (Wildman–Crippen MR) is 85.7 cm³/mol. The molecule has 0 spiro atoms. The lowest BCUT2D eigenvalue weighted by Gasteiger charge is -2.24. The zero-order valence-electron chi connectivity index (χ0n) is 12.2. The zero-order chi connectivity index (χ0) is 14.4. The van der Waals surface area contributed by atoms with Gasteiger partial charge < -0.3 is 11.1 Å². The van der Waals surface area contributed by atoms with Crippen molar-refractivity contribution in [3.63, 3.8) is 0 Å². The minimum absolute atomic E-state index is 0.0645. The fraction of sp³-hybridized carbons (Fsp3) is 0.438. The lowest BCUT2D eigenvalue weighted by molar-refractivity contribution is 0.391. The summed E-state index contributed by atoms with van der Waals surface area (Å²) in [4.78, 5) is 4.38. The third-order valence-electron chi connectivity index (χ3n) is 3.45. The Morgan fingerprint density at radius 1 is 1.30 bits per heavy atom. The molecule has 0 amide bonds. The lowest BCUT2D eigenvalue weighted by atomic mass is 10.0. The number of hydrogen-bond acceptors (Lipinski definition) is 4. The van der Waals surface area contributed by atoms with Crippen LogP contribution in [-0.2, 0) is 5.54 Å². The molecule has 108 valence electrons. The number of nitrogens with two attached hydrogens (primary N) is 1. The molecule has 1 aromatic carbocycles. The Morgan fingerprint density at radius 3 is 2.70 bits per heavy atom. The molecule has 1 heterocycles. The van der Waals surface area contributed by atoms with E-state index in [1.54, 1.807) is 11.3 Å². The molecule has 0 aliphatic carbocycles. The van der Waals surface area contributed by atoms with Crippen molar-refractivity contribution in [1.82, 2.24) is 10.3 Å². The van der Waals surface area contributed by atoms with Gasteiger partial charge in [0, 0.05) is 17.6 Å². The summed E-state index contributed by atoms with van der Waals surface area (Å²) in [5, 5.41) is 6.71. The molecule has 0 aliphatic heterocycles. The van der Waals surface area contributed by atoms with Crippen LogP contribution in [0.25, 0.3) is 0 Å². The fourth-order valence-electron chi connectivity index (χ4n) is 2.20. The molecule has 0 bridgehead atoms. The zero-order valence-corrected chi connectivity index (χ0v) is 13.0. The van der Waals surface area contributed by atoms with Crippen molar-refractivity contribution < 1.29 is 0 Å². The van der Waals surface area contributed by atoms with Crippen LogP contribution in [0.3, 0.4) is 0 Å². The van der Waals surface area contributed by atoms with Crippen LogP contribution in [0.15, 0.2) is 41.9 Å². The molecule has 0 saturated carbocycles. The largest absolute Gasteiger partial charge is 0.324 e. The first-order valence-electron chi connectivity index (χ1n) is 7.05. The summed E-state index contributed by atoms with van der Waals surface area (Å²) in [5.74, 6) is 0. The quantitative estimate of drug-likeness (QED) is 0.768. The molecular weight excluding hydrogens is 266 g/mol. The van der Waals surface area contributed by atoms with E-state index in [4.69, 9.17) is 5.73 Å². The van der Waals surface area contributed by atoms with Gasteiger partial charge in [-0.05, 0) is 38.8 Å². The summed E-state index contributed by atoms with van der Waals surface area (Å²) in [6, 6.07) is 10.4. The van der Waals surface area contributed by atoms with E-state index in [1.807, 2.05) is 29.8 Å². The monoisotopic (exact) mass is 289 g/mol. The third kappa shape index (κ3) is 4.13. The molecule has 2 aromatic rings. The summed E-state index contributed by atoms with van der Waals surface area (Å²) < 4.78 is 0. The minimum atomic E-state index is -0.0645. The Labute approximate surface area is 125 Å². The van der Waals surface area contributed by atoms with Crippen LogP contribution < -0.4 is 11.1 Å². The topological polar surface area (TPSA) is 50.9 Å². The second kappa shape index (κ2) is 6.97. The molecule has 0 saturated heterocycles. The Kier molecular flexibility index (Phi) is 5.29. The van der Waals surface area contributed by atoms with E-state index in [0.717, 1.165) is 24.4 Å². The first-order valence-corrected chi connectivity index (χ1v) is 7.93. The van der Waals surface area contributed by atoms with Crippen LogP contribution in [0.2, 0.25) is 0 Å². The van der Waals surface area contributed by atoms with E-state index in [-0.39, 0.29) is 11.6 Å². The molecule has 3 N–H and O–H groups in total. The molecule has 1 unspecified atom stereocenters. The smallest absolute Gasteiger partial charge is 0.112 e. The highest BCUT2D eigenvalue weighted by Gasteiger charge is 2.21. The number of thiazole rings is 1. The molecule has 4 heteroatoms. The second-order valence-corrected chi connectivity index (χ2v) is 6.44. The summed E-state index contributed by atoms with van der Waals surface area (Å²) >= 11 is 1.69. The number of aromatic nitrogens is 1. The van der Waals surface area contributed by atoms with Gasteiger partial charge in [0.25, 0.3) is 0 Å². The van der Waals surface area contributed by atoms with Crippen molar-refractivity contribution in [2.24, 2.45) is 5.73 Å². The predicted octanol–water partition coefficient (Wildman–Crippen LogP) is 3.45. The van der Waals surface area contributed by atoms with Crippen molar-refractivity contribution >= 4 is 11.3 Å². The highest BCUT2D eigenvalue weighted by Crippen LogP contribution is 2.22. The van der Waals surface area contributed by atoms with Crippen LogP contribution in [0.4, 0.5) is 0 Å². The number of benzene rings is 1. The van der Waals surface area contributed by atoms with Crippen LogP contribution >= 0.6 is 11.3 Å². The first-order chi connectivity index (χ1) is 9.59. The van der Waals surface area contributed by atoms with Gasteiger partial charge in [0.15, 0.2) is 0 Å². The number of rotatable bonds is 7. The number of hydrogen-bond donors (Lipinski definition) is 2. The van der Waals surface area contributed by atoms with Crippen LogP contribution in [0.5, 0.6) is 0 Å². The maximum atomic E-state index is 6.20. The van der Waals surface area contributed by atoms with Crippen LogP contribution in [-0.4, -0.2) is 11.5 Å². The Balaban J connectivity index is 1.74. The van der Waals surface area contributed by atoms with Crippen molar-refractivity contribution in [2.45, 2.75) is 38.3 Å². The Hall–Kier alpha value is -1.23. The van der Waals surface area contributed by atoms with Crippen LogP contribution in [0, 0.1) is 0 Å². The van der Waals surface area contributed by atoms with Gasteiger partial charge in [0.2, 0.25) is 0 Å². The standard InChI is InChI=1S/C16H23N3S/c1-16(2,15-18-11-12-20-15)19-10-6-9-14(17)13-7-4-3-5-8-13/h3-5,7-8,11-12,14,19H,6,9-10,17H2,1-2H3. The Bertz CT molecular complexity index is 494. The molecular formula is C16H23N3S. The van der Waals surface area contributed by atoms with Crippen molar-refractivity contribution in [2.75, 3.05) is 6.54 Å². The molecule has 1 aromatic heterocycles. The number of nitrogens with one attached hydrogen (secondary N) is 1. The fourth-order valence-corrected chi connectivity index (χ4v) is 2.94. The summed E-state index contributed by atoms with van der Waals surface area (Å²) in [7, 11) is 0. The highest BCUT2D eigenvalue weighted by atomic mass is 32.1. The van der Waals surface area contributed by atoms with Crippen molar-refractivity contribution in [1.29, 1.82) is 0 Å². The van der Waals surface area contributed by atoms with E-state index in [2.05, 4.69) is 36.3 Å². The SMILES string of the molecule is CC(C)(NCCCC(N)c1ccccc1)c1nccs1. The maximum Gasteiger partial charge on any atom is 0.112 e. The summed E-state index contributed by atoms with van der Waals surface area (Å²) in [6.07, 6.45) is 3.91. The van der Waals surface area contributed by atoms with E-state index in [1.165, 1.54) is 5.56 Å².